The van der Waals surface area contributed by atoms with Crippen LogP contribution in [0.3, 0.4) is 0 Å². The highest BCUT2D eigenvalue weighted by Gasteiger charge is 2.49. The van der Waals surface area contributed by atoms with Crippen molar-refractivity contribution < 1.29 is 18.9 Å². The fourth-order valence-corrected chi connectivity index (χ4v) is 3.68. The van der Waals surface area contributed by atoms with Crippen LogP contribution in [-0.4, -0.2) is 60.1 Å². The van der Waals surface area contributed by atoms with Gasteiger partial charge in [-0.3, -0.25) is 4.48 Å². The number of nitrogens with zero attached hydrogens (tertiary/aromatic N) is 3. The third kappa shape index (κ3) is 3.27. The van der Waals surface area contributed by atoms with E-state index >= 15 is 0 Å². The van der Waals surface area contributed by atoms with Crippen molar-refractivity contribution in [1.29, 1.82) is 0 Å². The predicted octanol–water partition coefficient (Wildman–Crippen LogP) is 2.63. The molecule has 3 aliphatic heterocycles. The molecule has 23 heavy (non-hydrogen) atoms. The van der Waals surface area contributed by atoms with Crippen LogP contribution in [-0.2, 0) is 9.57 Å². The first-order valence-electron chi connectivity index (χ1n) is 8.40. The summed E-state index contributed by atoms with van der Waals surface area (Å²) in [5.74, 6) is 1.17. The summed E-state index contributed by atoms with van der Waals surface area (Å²) in [6.07, 6.45) is 9.26. The lowest BCUT2D eigenvalue weighted by Gasteiger charge is -2.36. The number of amidine groups is 1. The molecule has 3 aliphatic rings. The van der Waals surface area contributed by atoms with E-state index in [-0.39, 0.29) is 11.7 Å². The number of piperidine rings is 1. The van der Waals surface area contributed by atoms with Crippen LogP contribution in [0.2, 0.25) is 0 Å². The molecule has 0 aliphatic carbocycles. The van der Waals surface area contributed by atoms with Crippen molar-refractivity contribution in [3.8, 4) is 0 Å². The van der Waals surface area contributed by atoms with E-state index in [0.717, 1.165) is 36.8 Å². The molecule has 3 heterocycles. The number of hydrogen-bond acceptors (Lipinski definition) is 4. The molecule has 6 heteroatoms. The van der Waals surface area contributed by atoms with Gasteiger partial charge in [0.2, 0.25) is 5.84 Å². The van der Waals surface area contributed by atoms with Gasteiger partial charge in [-0.2, -0.15) is 0 Å². The molecule has 6 nitrogen and oxygen atoms in total. The van der Waals surface area contributed by atoms with Gasteiger partial charge < -0.3 is 14.5 Å². The molecule has 0 atom stereocenters. The largest absolute Gasteiger partial charge is 0.418 e. The Morgan fingerprint density at radius 2 is 2.09 bits per heavy atom. The lowest BCUT2D eigenvalue weighted by atomic mass is 9.88. The minimum absolute atomic E-state index is 0.215. The molecule has 1 spiro atoms. The summed E-state index contributed by atoms with van der Waals surface area (Å²) in [4.78, 5) is 19.5. The van der Waals surface area contributed by atoms with Crippen molar-refractivity contribution in [1.82, 2.24) is 4.90 Å². The van der Waals surface area contributed by atoms with Crippen LogP contribution in [0.25, 0.3) is 0 Å². The van der Waals surface area contributed by atoms with Crippen LogP contribution in [0.1, 0.15) is 32.1 Å². The Labute approximate surface area is 137 Å². The maximum atomic E-state index is 11.9. The Kier molecular flexibility index (Phi) is 4.43. The highest BCUT2D eigenvalue weighted by molar-refractivity contribution is 5.77. The van der Waals surface area contributed by atoms with Gasteiger partial charge in [-0.05, 0) is 11.2 Å². The van der Waals surface area contributed by atoms with E-state index in [4.69, 9.17) is 9.57 Å². The fourth-order valence-electron chi connectivity index (χ4n) is 3.68. The minimum atomic E-state index is -0.310. The summed E-state index contributed by atoms with van der Waals surface area (Å²) < 4.78 is 5.98. The van der Waals surface area contributed by atoms with E-state index in [0.29, 0.717) is 13.1 Å². The number of quaternary nitrogens is 1. The van der Waals surface area contributed by atoms with Crippen LogP contribution < -0.4 is 0 Å². The molecule has 0 radical (unpaired) electrons. The Morgan fingerprint density at radius 3 is 2.74 bits per heavy atom. The molecular formula is C17H26N3O3+. The molecule has 0 saturated carbocycles. The van der Waals surface area contributed by atoms with E-state index in [1.165, 1.54) is 24.9 Å². The van der Waals surface area contributed by atoms with Crippen molar-refractivity contribution >= 4 is 11.9 Å². The van der Waals surface area contributed by atoms with Gasteiger partial charge in [0.15, 0.2) is 5.60 Å². The number of rotatable bonds is 2. The molecule has 0 N–H and O–H groups in total. The molecule has 1 amide bonds. The van der Waals surface area contributed by atoms with Gasteiger partial charge in [0.05, 0.1) is 32.8 Å². The van der Waals surface area contributed by atoms with Crippen LogP contribution in [0.5, 0.6) is 0 Å². The van der Waals surface area contributed by atoms with Gasteiger partial charge in [0.1, 0.15) is 0 Å². The molecule has 126 valence electrons. The molecule has 0 bridgehead atoms. The Morgan fingerprint density at radius 1 is 1.39 bits per heavy atom. The molecule has 2 fully saturated rings. The normalized spacial score (nSPS) is 25.4. The van der Waals surface area contributed by atoms with Crippen LogP contribution in [0.15, 0.2) is 30.1 Å². The molecule has 0 aromatic heterocycles. The zero-order valence-electron chi connectivity index (χ0n) is 13.9. The molecule has 2 saturated heterocycles. The standard InChI is InChI=1S/C17H26N3O3/c1-3-4-13-22-16(21)19-9-7-17(8-10-19)14-15(18-23-17)20(2)11-5-6-12-20/h3-4,13H,1,5-12,14H2,2H3/q+1/b13-4-. The summed E-state index contributed by atoms with van der Waals surface area (Å²) in [7, 11) is 2.26. The SMILES string of the molecule is C=C/C=C\OC(=O)N1CCC2(CC1)CC([N+]1(C)CCCC1)=NO2. The Balaban J connectivity index is 1.52. The van der Waals surface area contributed by atoms with Crippen LogP contribution >= 0.6 is 0 Å². The van der Waals surface area contributed by atoms with E-state index in [1.807, 2.05) is 0 Å². The summed E-state index contributed by atoms with van der Waals surface area (Å²) in [6.45, 7) is 7.15. The number of carbonyl (C=O) groups excluding carboxylic acids is 1. The van der Waals surface area contributed by atoms with Gasteiger partial charge in [-0.15, -0.1) is 0 Å². The van der Waals surface area contributed by atoms with Crippen molar-refractivity contribution in [3.05, 3.63) is 25.0 Å². The maximum Gasteiger partial charge on any atom is 0.414 e. The quantitative estimate of drug-likeness (QED) is 0.446. The van der Waals surface area contributed by atoms with Gasteiger partial charge in [0, 0.05) is 38.8 Å². The first-order chi connectivity index (χ1) is 11.1. The Hall–Kier alpha value is -1.82. The van der Waals surface area contributed by atoms with E-state index in [2.05, 4.69) is 18.8 Å². The molecule has 3 rings (SSSR count). The monoisotopic (exact) mass is 320 g/mol. The van der Waals surface area contributed by atoms with Gasteiger partial charge >= 0.3 is 6.09 Å². The number of allylic oxidation sites excluding steroid dienone is 2. The first kappa shape index (κ1) is 16.1. The first-order valence-corrected chi connectivity index (χ1v) is 8.40. The number of amides is 1. The number of hydrogen-bond donors (Lipinski definition) is 0. The second kappa shape index (κ2) is 6.35. The van der Waals surface area contributed by atoms with Crippen molar-refractivity contribution in [2.45, 2.75) is 37.7 Å². The molecule has 0 aromatic carbocycles. The topological polar surface area (TPSA) is 51.1 Å². The van der Waals surface area contributed by atoms with Crippen LogP contribution in [0.4, 0.5) is 4.79 Å². The highest BCUT2D eigenvalue weighted by atomic mass is 16.7. The predicted molar refractivity (Wildman–Crippen MR) is 87.6 cm³/mol. The molecule has 0 aromatic rings. The number of ether oxygens (including phenoxy) is 1. The van der Waals surface area contributed by atoms with Crippen molar-refractivity contribution in [3.63, 3.8) is 0 Å². The molecule has 0 unspecified atom stereocenters. The zero-order valence-corrected chi connectivity index (χ0v) is 13.9. The third-order valence-electron chi connectivity index (χ3n) is 5.32. The maximum absolute atomic E-state index is 11.9. The number of oxime groups is 1. The average Bonchev–Trinajstić information content (AvgIpc) is 3.17. The summed E-state index contributed by atoms with van der Waals surface area (Å²) >= 11 is 0. The van der Waals surface area contributed by atoms with E-state index in [1.54, 1.807) is 17.1 Å². The third-order valence-corrected chi connectivity index (χ3v) is 5.32. The van der Waals surface area contributed by atoms with E-state index in [9.17, 15) is 4.79 Å². The van der Waals surface area contributed by atoms with E-state index < -0.39 is 0 Å². The zero-order chi connectivity index (χ0) is 16.3. The van der Waals surface area contributed by atoms with Gasteiger partial charge in [-0.1, -0.05) is 12.7 Å². The fraction of sp³-hybridized carbons (Fsp3) is 0.647. The number of carbonyl (C=O) groups is 1. The summed E-state index contributed by atoms with van der Waals surface area (Å²) in [5.41, 5.74) is -0.215. The van der Waals surface area contributed by atoms with Crippen molar-refractivity contribution in [2.75, 3.05) is 33.2 Å². The lowest BCUT2D eigenvalue weighted by molar-refractivity contribution is -0.808. The second-order valence-electron chi connectivity index (χ2n) is 6.94. The van der Waals surface area contributed by atoms with Gasteiger partial charge in [-0.25, -0.2) is 4.79 Å². The lowest BCUT2D eigenvalue weighted by Crippen LogP contribution is -2.50. The molecular weight excluding hydrogens is 294 g/mol. The average molecular weight is 320 g/mol. The summed E-state index contributed by atoms with van der Waals surface area (Å²) in [5, 5.41) is 4.43. The highest BCUT2D eigenvalue weighted by Crippen LogP contribution is 2.37. The van der Waals surface area contributed by atoms with Crippen molar-refractivity contribution in [2.24, 2.45) is 5.16 Å². The number of likely N-dealkylation sites (tertiary alicyclic amines) is 2. The van der Waals surface area contributed by atoms with Crippen LogP contribution in [0, 0.1) is 0 Å². The second-order valence-corrected chi connectivity index (χ2v) is 6.94. The van der Waals surface area contributed by atoms with Gasteiger partial charge in [0.25, 0.3) is 0 Å². The summed E-state index contributed by atoms with van der Waals surface area (Å²) in [6, 6.07) is 0. The minimum Gasteiger partial charge on any atom is -0.418 e. The Bertz CT molecular complexity index is 527. The smallest absolute Gasteiger partial charge is 0.414 e.